The molecular formula is C24H31N5O3S. The van der Waals surface area contributed by atoms with Crippen LogP contribution in [-0.2, 0) is 11.3 Å². The van der Waals surface area contributed by atoms with Crippen LogP contribution < -0.4 is 15.0 Å². The van der Waals surface area contributed by atoms with Crippen LogP contribution in [0.25, 0.3) is 10.2 Å². The number of nitrogens with one attached hydrogen (secondary N) is 1. The van der Waals surface area contributed by atoms with Crippen LogP contribution >= 0.6 is 11.3 Å². The fourth-order valence-electron chi connectivity index (χ4n) is 4.19. The third-order valence-corrected chi connectivity index (χ3v) is 7.30. The minimum Gasteiger partial charge on any atom is -0.480 e. The third kappa shape index (κ3) is 4.80. The van der Waals surface area contributed by atoms with Crippen LogP contribution in [0.2, 0.25) is 0 Å². The van der Waals surface area contributed by atoms with E-state index >= 15 is 0 Å². The van der Waals surface area contributed by atoms with E-state index in [0.29, 0.717) is 16.6 Å². The number of ether oxygens (including phenoxy) is 2. The van der Waals surface area contributed by atoms with E-state index in [-0.39, 0.29) is 12.5 Å². The van der Waals surface area contributed by atoms with Crippen LogP contribution in [0.5, 0.6) is 5.88 Å². The van der Waals surface area contributed by atoms with Crippen LogP contribution in [0, 0.1) is 13.8 Å². The zero-order valence-electron chi connectivity index (χ0n) is 19.9. The van der Waals surface area contributed by atoms with Gasteiger partial charge in [-0.1, -0.05) is 6.92 Å². The third-order valence-electron chi connectivity index (χ3n) is 6.12. The Kier molecular flexibility index (Phi) is 7.11. The highest BCUT2D eigenvalue weighted by Gasteiger charge is 2.22. The van der Waals surface area contributed by atoms with Gasteiger partial charge in [0.2, 0.25) is 5.88 Å². The summed E-state index contributed by atoms with van der Waals surface area (Å²) in [7, 11) is 3.17. The quantitative estimate of drug-likeness (QED) is 0.563. The maximum atomic E-state index is 13.2. The largest absolute Gasteiger partial charge is 0.480 e. The molecule has 1 saturated heterocycles. The number of methoxy groups -OCH3 is 2. The van der Waals surface area contributed by atoms with E-state index in [1.54, 1.807) is 14.2 Å². The summed E-state index contributed by atoms with van der Waals surface area (Å²) in [5.41, 5.74) is 3.87. The van der Waals surface area contributed by atoms with Gasteiger partial charge < -0.3 is 24.6 Å². The zero-order valence-corrected chi connectivity index (χ0v) is 20.7. The Morgan fingerprint density at radius 2 is 1.91 bits per heavy atom. The maximum absolute atomic E-state index is 13.2. The van der Waals surface area contributed by atoms with Gasteiger partial charge in [0.25, 0.3) is 5.91 Å². The molecule has 1 aliphatic rings. The summed E-state index contributed by atoms with van der Waals surface area (Å²) in [6, 6.07) is 6.24. The number of likely N-dealkylation sites (N-methyl/N-ethyl adjacent to an activating group) is 1. The van der Waals surface area contributed by atoms with E-state index in [2.05, 4.69) is 44.1 Å². The average molecular weight is 470 g/mol. The van der Waals surface area contributed by atoms with Gasteiger partial charge in [-0.25, -0.2) is 4.98 Å². The number of carbonyl (C=O) groups is 1. The van der Waals surface area contributed by atoms with Gasteiger partial charge >= 0.3 is 0 Å². The number of thiophene rings is 1. The SMILES string of the molecule is CCN1CCN(c2ccc(NC(=O)c3sc4nc(COC)nc(OC)c4c3C)c(C)c2)CC1. The summed E-state index contributed by atoms with van der Waals surface area (Å²) in [5.74, 6) is 0.836. The molecular weight excluding hydrogens is 438 g/mol. The highest BCUT2D eigenvalue weighted by Crippen LogP contribution is 2.35. The standard InChI is InChI=1S/C24H31N5O3S/c1-6-28-9-11-29(12-10-28)17-7-8-18(15(2)13-17)25-22(30)21-16(3)20-23(32-5)26-19(14-31-4)27-24(20)33-21/h7-8,13H,6,9-12,14H2,1-5H3,(H,25,30). The number of carbonyl (C=O) groups excluding carboxylic acids is 1. The van der Waals surface area contributed by atoms with Crippen molar-refractivity contribution < 1.29 is 14.3 Å². The Bertz CT molecular complexity index is 1150. The number of aromatic nitrogens is 2. The van der Waals surface area contributed by atoms with E-state index in [1.165, 1.54) is 17.0 Å². The molecule has 0 spiro atoms. The zero-order chi connectivity index (χ0) is 23.5. The number of nitrogens with zero attached hydrogens (tertiary/aromatic N) is 4. The minimum absolute atomic E-state index is 0.154. The van der Waals surface area contributed by atoms with Crippen molar-refractivity contribution in [2.24, 2.45) is 0 Å². The Morgan fingerprint density at radius 1 is 1.15 bits per heavy atom. The Morgan fingerprint density at radius 3 is 2.55 bits per heavy atom. The lowest BCUT2D eigenvalue weighted by molar-refractivity contribution is 0.103. The molecule has 0 saturated carbocycles. The Balaban J connectivity index is 1.55. The number of hydrogen-bond donors (Lipinski definition) is 1. The van der Waals surface area contributed by atoms with Gasteiger partial charge in [0, 0.05) is 44.7 Å². The molecule has 0 bridgehead atoms. The first-order valence-electron chi connectivity index (χ1n) is 11.2. The van der Waals surface area contributed by atoms with E-state index in [4.69, 9.17) is 9.47 Å². The molecule has 176 valence electrons. The van der Waals surface area contributed by atoms with Gasteiger partial charge in [-0.3, -0.25) is 4.79 Å². The lowest BCUT2D eigenvalue weighted by atomic mass is 10.1. The summed E-state index contributed by atoms with van der Waals surface area (Å²) in [4.78, 5) is 28.3. The number of aryl methyl sites for hydroxylation is 2. The number of amides is 1. The number of fused-ring (bicyclic) bond motifs is 1. The normalized spacial score (nSPS) is 14.6. The van der Waals surface area contributed by atoms with Crippen LogP contribution in [0.4, 0.5) is 11.4 Å². The van der Waals surface area contributed by atoms with Gasteiger partial charge in [0.15, 0.2) is 5.82 Å². The summed E-state index contributed by atoms with van der Waals surface area (Å²) >= 11 is 1.34. The molecule has 0 atom stereocenters. The first-order chi connectivity index (χ1) is 15.9. The number of hydrogen-bond acceptors (Lipinski definition) is 8. The van der Waals surface area contributed by atoms with Gasteiger partial charge in [0.1, 0.15) is 11.4 Å². The van der Waals surface area contributed by atoms with Crippen molar-refractivity contribution in [3.63, 3.8) is 0 Å². The molecule has 2 aromatic heterocycles. The molecule has 0 unspecified atom stereocenters. The predicted molar refractivity (Wildman–Crippen MR) is 133 cm³/mol. The second-order valence-corrected chi connectivity index (χ2v) is 9.19. The summed E-state index contributed by atoms with van der Waals surface area (Å²) in [6.07, 6.45) is 0. The van der Waals surface area contributed by atoms with Crippen molar-refractivity contribution in [1.29, 1.82) is 0 Å². The van der Waals surface area contributed by atoms with E-state index in [0.717, 1.165) is 59.8 Å². The maximum Gasteiger partial charge on any atom is 0.266 e. The van der Waals surface area contributed by atoms with Gasteiger partial charge in [-0.05, 0) is 49.7 Å². The van der Waals surface area contributed by atoms with Gasteiger partial charge in [-0.2, -0.15) is 4.98 Å². The van der Waals surface area contributed by atoms with Gasteiger partial charge in [-0.15, -0.1) is 11.3 Å². The molecule has 1 fully saturated rings. The van der Waals surface area contributed by atoms with Crippen molar-refractivity contribution >= 4 is 38.8 Å². The van der Waals surface area contributed by atoms with Crippen LogP contribution in [0.1, 0.15) is 33.5 Å². The molecule has 33 heavy (non-hydrogen) atoms. The highest BCUT2D eigenvalue weighted by atomic mass is 32.1. The molecule has 8 nitrogen and oxygen atoms in total. The molecule has 1 aliphatic heterocycles. The average Bonchev–Trinajstić information content (AvgIpc) is 3.16. The molecule has 1 N–H and O–H groups in total. The Hall–Kier alpha value is -2.75. The fourth-order valence-corrected chi connectivity index (χ4v) is 5.27. The van der Waals surface area contributed by atoms with Crippen molar-refractivity contribution in [3.05, 3.63) is 40.0 Å². The molecule has 9 heteroatoms. The molecule has 3 aromatic rings. The number of benzene rings is 1. The number of rotatable bonds is 7. The summed E-state index contributed by atoms with van der Waals surface area (Å²) in [5, 5.41) is 3.85. The van der Waals surface area contributed by atoms with Crippen molar-refractivity contribution in [2.75, 3.05) is 57.2 Å². The molecule has 3 heterocycles. The summed E-state index contributed by atoms with van der Waals surface area (Å²) in [6.45, 7) is 11.7. The van der Waals surface area contributed by atoms with E-state index in [1.807, 2.05) is 19.9 Å². The molecule has 1 amide bonds. The molecule has 4 rings (SSSR count). The lowest BCUT2D eigenvalue weighted by Crippen LogP contribution is -2.46. The van der Waals surface area contributed by atoms with Crippen LogP contribution in [0.15, 0.2) is 18.2 Å². The van der Waals surface area contributed by atoms with Gasteiger partial charge in [0.05, 0.1) is 17.4 Å². The summed E-state index contributed by atoms with van der Waals surface area (Å²) < 4.78 is 10.6. The number of anilines is 2. The van der Waals surface area contributed by atoms with Crippen molar-refractivity contribution in [1.82, 2.24) is 14.9 Å². The predicted octanol–water partition coefficient (Wildman–Crippen LogP) is 3.86. The fraction of sp³-hybridized carbons (Fsp3) is 0.458. The van der Waals surface area contributed by atoms with Crippen molar-refractivity contribution in [3.8, 4) is 5.88 Å². The topological polar surface area (TPSA) is 79.8 Å². The second kappa shape index (κ2) is 10.0. The monoisotopic (exact) mass is 469 g/mol. The molecule has 0 radical (unpaired) electrons. The van der Waals surface area contributed by atoms with E-state index < -0.39 is 0 Å². The van der Waals surface area contributed by atoms with Crippen LogP contribution in [0.3, 0.4) is 0 Å². The smallest absolute Gasteiger partial charge is 0.266 e. The highest BCUT2D eigenvalue weighted by molar-refractivity contribution is 7.20. The Labute approximate surface area is 198 Å². The minimum atomic E-state index is -0.154. The van der Waals surface area contributed by atoms with Crippen LogP contribution in [-0.4, -0.2) is 67.7 Å². The lowest BCUT2D eigenvalue weighted by Gasteiger charge is -2.35. The molecule has 1 aromatic carbocycles. The molecule has 0 aliphatic carbocycles. The first-order valence-corrected chi connectivity index (χ1v) is 12.0. The van der Waals surface area contributed by atoms with Crippen molar-refractivity contribution in [2.45, 2.75) is 27.4 Å². The van der Waals surface area contributed by atoms with E-state index in [9.17, 15) is 4.79 Å². The first kappa shape index (κ1) is 23.4. The second-order valence-electron chi connectivity index (χ2n) is 8.19. The number of piperazine rings is 1.